The van der Waals surface area contributed by atoms with Crippen LogP contribution in [0, 0.1) is 0 Å². The summed E-state index contributed by atoms with van der Waals surface area (Å²) in [6.07, 6.45) is 0. The molecule has 4 aromatic rings. The Morgan fingerprint density at radius 1 is 0.867 bits per heavy atom. The minimum absolute atomic E-state index is 0.465. The maximum absolute atomic E-state index is 6.19. The van der Waals surface area contributed by atoms with Gasteiger partial charge in [-0.15, -0.1) is 0 Å². The van der Waals surface area contributed by atoms with Crippen molar-refractivity contribution in [3.05, 3.63) is 98.9 Å². The first-order valence-corrected chi connectivity index (χ1v) is 11.2. The van der Waals surface area contributed by atoms with Crippen molar-refractivity contribution in [1.29, 1.82) is 0 Å². The fraction of sp³-hybridized carbons (Fsp3) is 0.120. The topological polar surface area (TPSA) is 30.5 Å². The van der Waals surface area contributed by atoms with Gasteiger partial charge in [-0.1, -0.05) is 58.4 Å². The summed E-state index contributed by atoms with van der Waals surface area (Å²) >= 11 is 7.12. The molecule has 0 aromatic heterocycles. The van der Waals surface area contributed by atoms with E-state index in [0.29, 0.717) is 24.7 Å². The molecule has 0 amide bonds. The van der Waals surface area contributed by atoms with Crippen molar-refractivity contribution >= 4 is 48.3 Å². The maximum atomic E-state index is 6.19. The Labute approximate surface area is 193 Å². The predicted octanol–water partition coefficient (Wildman–Crippen LogP) is 7.56. The van der Waals surface area contributed by atoms with Gasteiger partial charge in [0.15, 0.2) is 11.5 Å². The molecule has 3 nitrogen and oxygen atoms in total. The van der Waals surface area contributed by atoms with E-state index in [4.69, 9.17) is 9.47 Å². The number of ether oxygens (including phenoxy) is 2. The van der Waals surface area contributed by atoms with E-state index in [9.17, 15) is 0 Å². The third kappa shape index (κ3) is 4.79. The molecule has 0 aliphatic carbocycles. The molecule has 0 saturated carbocycles. The number of benzene rings is 4. The van der Waals surface area contributed by atoms with Crippen molar-refractivity contribution in [2.24, 2.45) is 0 Å². The van der Waals surface area contributed by atoms with Crippen molar-refractivity contribution in [2.45, 2.75) is 13.2 Å². The molecule has 5 heteroatoms. The van der Waals surface area contributed by atoms with E-state index in [1.807, 2.05) is 36.4 Å². The second-order valence-electron chi connectivity index (χ2n) is 6.90. The third-order valence-corrected chi connectivity index (χ3v) is 6.00. The van der Waals surface area contributed by atoms with Gasteiger partial charge in [0.2, 0.25) is 0 Å². The Balaban J connectivity index is 1.51. The molecule has 4 rings (SSSR count). The number of methoxy groups -OCH3 is 1. The maximum Gasteiger partial charge on any atom is 0.175 e. The smallest absolute Gasteiger partial charge is 0.175 e. The molecule has 0 spiro atoms. The van der Waals surface area contributed by atoms with Crippen LogP contribution in [-0.4, -0.2) is 7.11 Å². The number of fused-ring (bicyclic) bond motifs is 1. The summed E-state index contributed by atoms with van der Waals surface area (Å²) in [6.45, 7) is 1.15. The Morgan fingerprint density at radius 2 is 1.63 bits per heavy atom. The first-order chi connectivity index (χ1) is 14.6. The zero-order valence-corrected chi connectivity index (χ0v) is 19.7. The van der Waals surface area contributed by atoms with Gasteiger partial charge in [0, 0.05) is 16.7 Å². The van der Waals surface area contributed by atoms with Crippen LogP contribution < -0.4 is 14.8 Å². The van der Waals surface area contributed by atoms with Gasteiger partial charge < -0.3 is 14.8 Å². The fourth-order valence-electron chi connectivity index (χ4n) is 3.36. The summed E-state index contributed by atoms with van der Waals surface area (Å²) in [7, 11) is 1.67. The van der Waals surface area contributed by atoms with Crippen LogP contribution in [-0.2, 0) is 13.2 Å². The van der Waals surface area contributed by atoms with Crippen LogP contribution in [0.3, 0.4) is 0 Å². The number of hydrogen-bond donors (Lipinski definition) is 1. The largest absolute Gasteiger partial charge is 0.493 e. The Morgan fingerprint density at radius 3 is 2.43 bits per heavy atom. The molecular formula is C25H21Br2NO2. The van der Waals surface area contributed by atoms with E-state index in [1.54, 1.807) is 7.11 Å². The molecule has 0 atom stereocenters. The van der Waals surface area contributed by atoms with Gasteiger partial charge in [-0.05, 0) is 74.2 Å². The number of halogens is 2. The lowest BCUT2D eigenvalue weighted by atomic mass is 10.1. The summed E-state index contributed by atoms with van der Waals surface area (Å²) in [5, 5.41) is 5.83. The molecule has 0 aliphatic rings. The minimum Gasteiger partial charge on any atom is -0.493 e. The Hall–Kier alpha value is -2.50. The first-order valence-electron chi connectivity index (χ1n) is 9.59. The van der Waals surface area contributed by atoms with Gasteiger partial charge in [-0.25, -0.2) is 0 Å². The van der Waals surface area contributed by atoms with Crippen molar-refractivity contribution in [3.63, 3.8) is 0 Å². The molecule has 0 fully saturated rings. The predicted molar refractivity (Wildman–Crippen MR) is 130 cm³/mol. The molecule has 0 heterocycles. The Kier molecular flexibility index (Phi) is 6.60. The van der Waals surface area contributed by atoms with Crippen LogP contribution in [0.15, 0.2) is 87.8 Å². The number of hydrogen-bond acceptors (Lipinski definition) is 3. The normalized spacial score (nSPS) is 10.8. The molecular weight excluding hydrogens is 506 g/mol. The van der Waals surface area contributed by atoms with Crippen LogP contribution in [0.1, 0.15) is 11.1 Å². The zero-order valence-electron chi connectivity index (χ0n) is 16.5. The molecule has 0 bridgehead atoms. The van der Waals surface area contributed by atoms with Crippen molar-refractivity contribution in [1.82, 2.24) is 0 Å². The average Bonchev–Trinajstić information content (AvgIpc) is 2.77. The molecule has 30 heavy (non-hydrogen) atoms. The van der Waals surface area contributed by atoms with Gasteiger partial charge in [0.25, 0.3) is 0 Å². The molecule has 0 radical (unpaired) electrons. The SMILES string of the molecule is COc1cc(CNc2ccc(Br)cc2)cc(Br)c1OCc1cccc2ccccc12. The van der Waals surface area contributed by atoms with E-state index in [0.717, 1.165) is 25.8 Å². The lowest BCUT2D eigenvalue weighted by Gasteiger charge is -2.16. The monoisotopic (exact) mass is 525 g/mol. The summed E-state index contributed by atoms with van der Waals surface area (Å²) in [4.78, 5) is 0. The summed E-state index contributed by atoms with van der Waals surface area (Å²) in [6, 6.07) is 26.8. The van der Waals surface area contributed by atoms with Crippen LogP contribution in [0.2, 0.25) is 0 Å². The number of nitrogens with one attached hydrogen (secondary N) is 1. The zero-order chi connectivity index (χ0) is 20.9. The van der Waals surface area contributed by atoms with Crippen molar-refractivity contribution in [3.8, 4) is 11.5 Å². The van der Waals surface area contributed by atoms with E-state index in [-0.39, 0.29) is 0 Å². The van der Waals surface area contributed by atoms with Gasteiger partial charge >= 0.3 is 0 Å². The van der Waals surface area contributed by atoms with Crippen molar-refractivity contribution in [2.75, 3.05) is 12.4 Å². The lowest BCUT2D eigenvalue weighted by Crippen LogP contribution is -2.03. The molecule has 0 saturated heterocycles. The van der Waals surface area contributed by atoms with E-state index >= 15 is 0 Å². The van der Waals surface area contributed by atoms with Crippen LogP contribution in [0.5, 0.6) is 11.5 Å². The van der Waals surface area contributed by atoms with E-state index in [2.05, 4.69) is 79.6 Å². The molecule has 152 valence electrons. The molecule has 0 aliphatic heterocycles. The summed E-state index contributed by atoms with van der Waals surface area (Å²) in [5.41, 5.74) is 3.30. The van der Waals surface area contributed by atoms with Gasteiger partial charge in [-0.3, -0.25) is 0 Å². The number of anilines is 1. The van der Waals surface area contributed by atoms with E-state index < -0.39 is 0 Å². The third-order valence-electron chi connectivity index (χ3n) is 4.88. The summed E-state index contributed by atoms with van der Waals surface area (Å²) in [5.74, 6) is 1.41. The second-order valence-corrected chi connectivity index (χ2v) is 8.67. The quantitative estimate of drug-likeness (QED) is 0.269. The highest BCUT2D eigenvalue weighted by atomic mass is 79.9. The highest BCUT2D eigenvalue weighted by molar-refractivity contribution is 9.10. The van der Waals surface area contributed by atoms with Crippen LogP contribution >= 0.6 is 31.9 Å². The lowest BCUT2D eigenvalue weighted by molar-refractivity contribution is 0.283. The highest BCUT2D eigenvalue weighted by Gasteiger charge is 2.13. The first kappa shape index (κ1) is 20.8. The molecule has 1 N–H and O–H groups in total. The van der Waals surface area contributed by atoms with Gasteiger partial charge in [0.1, 0.15) is 6.61 Å². The summed E-state index contributed by atoms with van der Waals surface area (Å²) < 4.78 is 13.7. The molecule has 0 unspecified atom stereocenters. The van der Waals surface area contributed by atoms with Gasteiger partial charge in [-0.2, -0.15) is 0 Å². The van der Waals surface area contributed by atoms with Crippen molar-refractivity contribution < 1.29 is 9.47 Å². The Bertz CT molecular complexity index is 1150. The standard InChI is InChI=1S/C25H21Br2NO2/c1-29-24-14-17(15-28-21-11-9-20(26)10-12-21)13-23(27)25(24)30-16-19-7-4-6-18-5-2-3-8-22(18)19/h2-14,28H,15-16H2,1H3. The average molecular weight is 527 g/mol. The van der Waals surface area contributed by atoms with Crippen LogP contribution in [0.4, 0.5) is 5.69 Å². The highest BCUT2D eigenvalue weighted by Crippen LogP contribution is 2.37. The van der Waals surface area contributed by atoms with Crippen LogP contribution in [0.25, 0.3) is 10.8 Å². The second kappa shape index (κ2) is 9.54. The minimum atomic E-state index is 0.465. The molecule has 4 aromatic carbocycles. The fourth-order valence-corrected chi connectivity index (χ4v) is 4.22. The van der Waals surface area contributed by atoms with Gasteiger partial charge in [0.05, 0.1) is 11.6 Å². The van der Waals surface area contributed by atoms with E-state index in [1.165, 1.54) is 10.8 Å². The number of rotatable bonds is 7.